The van der Waals surface area contributed by atoms with Gasteiger partial charge in [-0.25, -0.2) is 9.50 Å². The summed E-state index contributed by atoms with van der Waals surface area (Å²) in [5.74, 6) is 0.736. The zero-order valence-corrected chi connectivity index (χ0v) is 20.1. The van der Waals surface area contributed by atoms with Crippen molar-refractivity contribution >= 4 is 23.1 Å². The Morgan fingerprint density at radius 3 is 2.97 bits per heavy atom. The SMILES string of the molecule is CN1CCC[C@H]1COc1nc(N2CCN[C@@H](CC#N)C2)c2ncc(Cc3ccccc3Cl)n2n1. The number of hydrogen-bond acceptors (Lipinski definition) is 8. The quantitative estimate of drug-likeness (QED) is 0.551. The summed E-state index contributed by atoms with van der Waals surface area (Å²) in [7, 11) is 2.13. The summed E-state index contributed by atoms with van der Waals surface area (Å²) in [6.07, 6.45) is 5.17. The van der Waals surface area contributed by atoms with Gasteiger partial charge in [-0.3, -0.25) is 0 Å². The molecule has 9 nitrogen and oxygen atoms in total. The summed E-state index contributed by atoms with van der Waals surface area (Å²) in [6, 6.07) is 10.9. The number of halogens is 1. The van der Waals surface area contributed by atoms with Crippen LogP contribution in [0.5, 0.6) is 6.01 Å². The van der Waals surface area contributed by atoms with Crippen LogP contribution in [0.2, 0.25) is 5.02 Å². The van der Waals surface area contributed by atoms with E-state index in [2.05, 4.69) is 33.2 Å². The van der Waals surface area contributed by atoms with Gasteiger partial charge in [0.05, 0.1) is 24.4 Å². The van der Waals surface area contributed by atoms with Crippen LogP contribution in [-0.4, -0.2) is 76.4 Å². The number of nitrogens with one attached hydrogen (secondary N) is 1. The molecule has 34 heavy (non-hydrogen) atoms. The van der Waals surface area contributed by atoms with Crippen molar-refractivity contribution < 1.29 is 4.74 Å². The fourth-order valence-electron chi connectivity index (χ4n) is 4.75. The molecule has 10 heteroatoms. The number of nitrogens with zero attached hydrogens (tertiary/aromatic N) is 7. The van der Waals surface area contributed by atoms with Gasteiger partial charge in [0.15, 0.2) is 11.5 Å². The maximum absolute atomic E-state index is 9.17. The summed E-state index contributed by atoms with van der Waals surface area (Å²) in [4.78, 5) is 14.0. The van der Waals surface area contributed by atoms with E-state index >= 15 is 0 Å². The lowest BCUT2D eigenvalue weighted by Crippen LogP contribution is -2.51. The number of likely N-dealkylation sites (N-methyl/N-ethyl adjacent to an activating group) is 1. The zero-order chi connectivity index (χ0) is 23.5. The van der Waals surface area contributed by atoms with Crippen LogP contribution in [0.4, 0.5) is 5.82 Å². The number of likely N-dealkylation sites (tertiary alicyclic amines) is 1. The van der Waals surface area contributed by atoms with Gasteiger partial charge in [-0.15, -0.1) is 5.10 Å². The van der Waals surface area contributed by atoms with E-state index in [-0.39, 0.29) is 6.04 Å². The Hall–Kier alpha value is -2.93. The first-order chi connectivity index (χ1) is 16.6. The fraction of sp³-hybridized carbons (Fsp3) is 0.500. The van der Waals surface area contributed by atoms with Crippen LogP contribution in [0.3, 0.4) is 0 Å². The Kier molecular flexibility index (Phi) is 6.81. The maximum Gasteiger partial charge on any atom is 0.336 e. The third kappa shape index (κ3) is 4.80. The standard InChI is InChI=1S/C24H29ClN8O/c1-31-11-4-6-19(31)16-34-24-29-23(32-12-10-27-18(15-32)8-9-26)22-28-14-20(33(22)30-24)13-17-5-2-3-7-21(17)25/h2-3,5,7,14,18-19,27H,4,6,8,10-13,15-16H2,1H3/t18-,19-/m0/s1. The number of piperazine rings is 1. The van der Waals surface area contributed by atoms with Crippen LogP contribution in [0.15, 0.2) is 30.5 Å². The van der Waals surface area contributed by atoms with E-state index < -0.39 is 0 Å². The number of benzene rings is 1. The van der Waals surface area contributed by atoms with Crippen LogP contribution in [0, 0.1) is 11.3 Å². The minimum Gasteiger partial charge on any atom is -0.461 e. The second-order valence-corrected chi connectivity index (χ2v) is 9.43. The summed E-state index contributed by atoms with van der Waals surface area (Å²) in [5, 5.41) is 18.0. The molecular formula is C24H29ClN8O. The molecule has 3 aromatic rings. The van der Waals surface area contributed by atoms with Crippen LogP contribution in [0.25, 0.3) is 5.65 Å². The van der Waals surface area contributed by atoms with Crippen molar-refractivity contribution in [3.8, 4) is 12.1 Å². The van der Waals surface area contributed by atoms with Crippen molar-refractivity contribution in [2.24, 2.45) is 0 Å². The maximum atomic E-state index is 9.17. The molecule has 2 saturated heterocycles. The first-order valence-electron chi connectivity index (χ1n) is 11.8. The number of rotatable bonds is 7. The van der Waals surface area contributed by atoms with E-state index in [0.29, 0.717) is 48.7 Å². The summed E-state index contributed by atoms with van der Waals surface area (Å²) in [6.45, 7) is 3.86. The molecule has 4 heterocycles. The highest BCUT2D eigenvalue weighted by Gasteiger charge is 2.26. The van der Waals surface area contributed by atoms with Crippen molar-refractivity contribution in [2.75, 3.05) is 44.7 Å². The molecule has 2 aliphatic rings. The molecule has 1 aromatic carbocycles. The molecule has 0 radical (unpaired) electrons. The van der Waals surface area contributed by atoms with Crippen molar-refractivity contribution in [3.63, 3.8) is 0 Å². The predicted molar refractivity (Wildman–Crippen MR) is 130 cm³/mol. The molecule has 2 aliphatic heterocycles. The van der Waals surface area contributed by atoms with Crippen LogP contribution < -0.4 is 15.0 Å². The number of anilines is 1. The van der Waals surface area contributed by atoms with Crippen LogP contribution in [0.1, 0.15) is 30.5 Å². The van der Waals surface area contributed by atoms with Crippen LogP contribution >= 0.6 is 11.6 Å². The second kappa shape index (κ2) is 10.1. The van der Waals surface area contributed by atoms with Gasteiger partial charge >= 0.3 is 6.01 Å². The van der Waals surface area contributed by atoms with E-state index in [0.717, 1.165) is 43.1 Å². The zero-order valence-electron chi connectivity index (χ0n) is 19.3. The molecule has 1 N–H and O–H groups in total. The van der Waals surface area contributed by atoms with Crippen molar-refractivity contribution in [2.45, 2.75) is 37.8 Å². The van der Waals surface area contributed by atoms with E-state index in [1.807, 2.05) is 35.0 Å². The fourth-order valence-corrected chi connectivity index (χ4v) is 4.95. The lowest BCUT2D eigenvalue weighted by atomic mass is 10.1. The number of fused-ring (bicyclic) bond motifs is 1. The number of ether oxygens (including phenoxy) is 1. The van der Waals surface area contributed by atoms with Gasteiger partial charge in [0.2, 0.25) is 0 Å². The number of aromatic nitrogens is 4. The largest absolute Gasteiger partial charge is 0.461 e. The Morgan fingerprint density at radius 2 is 2.18 bits per heavy atom. The highest BCUT2D eigenvalue weighted by atomic mass is 35.5. The van der Waals surface area contributed by atoms with Crippen molar-refractivity contribution in [3.05, 3.63) is 46.7 Å². The molecule has 0 bridgehead atoms. The van der Waals surface area contributed by atoms with Crippen LogP contribution in [-0.2, 0) is 6.42 Å². The van der Waals surface area contributed by atoms with Crippen molar-refractivity contribution in [1.82, 2.24) is 29.8 Å². The van der Waals surface area contributed by atoms with E-state index in [4.69, 9.17) is 31.7 Å². The molecular weight excluding hydrogens is 452 g/mol. The predicted octanol–water partition coefficient (Wildman–Crippen LogP) is 2.53. The Morgan fingerprint density at radius 1 is 1.29 bits per heavy atom. The van der Waals surface area contributed by atoms with Gasteiger partial charge in [-0.1, -0.05) is 29.8 Å². The second-order valence-electron chi connectivity index (χ2n) is 9.02. The van der Waals surface area contributed by atoms with Gasteiger partial charge in [-0.05, 0) is 38.1 Å². The molecule has 5 rings (SSSR count). The molecule has 2 atom stereocenters. The Balaban J connectivity index is 1.49. The Labute approximate surface area is 204 Å². The first kappa shape index (κ1) is 22.8. The summed E-state index contributed by atoms with van der Waals surface area (Å²) < 4.78 is 7.97. The van der Waals surface area contributed by atoms with E-state index in [9.17, 15) is 0 Å². The minimum absolute atomic E-state index is 0.0860. The normalized spacial score (nSPS) is 21.1. The highest BCUT2D eigenvalue weighted by Crippen LogP contribution is 2.26. The minimum atomic E-state index is 0.0860. The summed E-state index contributed by atoms with van der Waals surface area (Å²) in [5.41, 5.74) is 2.61. The molecule has 2 fully saturated rings. The smallest absolute Gasteiger partial charge is 0.336 e. The third-order valence-electron chi connectivity index (χ3n) is 6.69. The lowest BCUT2D eigenvalue weighted by molar-refractivity contribution is 0.185. The number of imidazole rings is 1. The van der Waals surface area contributed by atoms with Crippen molar-refractivity contribution in [1.29, 1.82) is 5.26 Å². The monoisotopic (exact) mass is 480 g/mol. The van der Waals surface area contributed by atoms with Gasteiger partial charge in [-0.2, -0.15) is 10.2 Å². The van der Waals surface area contributed by atoms with Gasteiger partial charge in [0.25, 0.3) is 0 Å². The topological polar surface area (TPSA) is 94.6 Å². The number of nitriles is 1. The molecule has 0 amide bonds. The number of hydrogen-bond donors (Lipinski definition) is 1. The average Bonchev–Trinajstić information content (AvgIpc) is 3.45. The lowest BCUT2D eigenvalue weighted by Gasteiger charge is -2.33. The molecule has 0 unspecified atom stereocenters. The van der Waals surface area contributed by atoms with Gasteiger partial charge in [0.1, 0.15) is 6.61 Å². The summed E-state index contributed by atoms with van der Waals surface area (Å²) >= 11 is 6.43. The van der Waals surface area contributed by atoms with E-state index in [1.165, 1.54) is 6.42 Å². The van der Waals surface area contributed by atoms with Gasteiger partial charge in [0, 0.05) is 43.2 Å². The molecule has 0 aliphatic carbocycles. The average molecular weight is 481 g/mol. The third-order valence-corrected chi connectivity index (χ3v) is 7.06. The Bertz CT molecular complexity index is 1190. The molecule has 178 valence electrons. The van der Waals surface area contributed by atoms with E-state index in [1.54, 1.807) is 0 Å². The molecule has 0 saturated carbocycles. The first-order valence-corrected chi connectivity index (χ1v) is 12.2. The van der Waals surface area contributed by atoms with Gasteiger partial charge < -0.3 is 19.9 Å². The molecule has 0 spiro atoms. The molecule has 2 aromatic heterocycles. The highest BCUT2D eigenvalue weighted by molar-refractivity contribution is 6.31.